The molecule has 0 bridgehead atoms. The maximum atomic E-state index is 2.56. The topological polar surface area (TPSA) is 3.24 Å². The van der Waals surface area contributed by atoms with E-state index < -0.39 is 5.41 Å². The fourth-order valence-corrected chi connectivity index (χ4v) is 13.5. The van der Waals surface area contributed by atoms with E-state index in [-0.39, 0.29) is 5.41 Å². The molecule has 3 aliphatic rings. The molecule has 1 unspecified atom stereocenters. The number of anilines is 3. The zero-order valence-electron chi connectivity index (χ0n) is 36.7. The zero-order chi connectivity index (χ0) is 43.7. The molecule has 14 rings (SSSR count). The number of rotatable bonds is 4. The Bertz CT molecular complexity index is 3810. The van der Waals surface area contributed by atoms with Crippen molar-refractivity contribution in [1.82, 2.24) is 0 Å². The molecule has 0 radical (unpaired) electrons. The molecule has 0 N–H and O–H groups in total. The summed E-state index contributed by atoms with van der Waals surface area (Å²) in [5.74, 6) is 0. The summed E-state index contributed by atoms with van der Waals surface area (Å²) in [7, 11) is 0. The number of nitrogens with zero attached hydrogens (tertiary/aromatic N) is 1. The van der Waals surface area contributed by atoms with Crippen molar-refractivity contribution in [2.24, 2.45) is 0 Å². The van der Waals surface area contributed by atoms with Gasteiger partial charge in [-0.05, 0) is 114 Å². The first-order valence-corrected chi connectivity index (χ1v) is 23.9. The van der Waals surface area contributed by atoms with Gasteiger partial charge in [-0.1, -0.05) is 202 Å². The summed E-state index contributed by atoms with van der Waals surface area (Å²) in [6.07, 6.45) is 0. The second kappa shape index (κ2) is 13.9. The monoisotopic (exact) mass is 857 g/mol. The third-order valence-electron chi connectivity index (χ3n) is 15.1. The molecule has 0 aliphatic heterocycles. The maximum absolute atomic E-state index is 2.56. The smallest absolute Gasteiger partial charge is 0.0726 e. The Morgan fingerprint density at radius 3 is 1.59 bits per heavy atom. The standard InChI is InChI=1S/C64H43NS/c1-63(2)53-27-13-8-24-47(53)49-35-33-41(38-57(49)63)65(59-30-16-11-20-43(59)40-18-4-3-5-19-40)42-32-34-48-45-22-7-6-21-44(45)46-23-9-14-28-54(46)64(58(48)39-42)55-29-15-10-26-52(55)61-56(64)37-36-51-50-25-12-17-31-60(50)66-62(51)61/h3-39H,1-2H3. The van der Waals surface area contributed by atoms with E-state index in [1.165, 1.54) is 109 Å². The van der Waals surface area contributed by atoms with Crippen molar-refractivity contribution < 1.29 is 0 Å². The molecule has 0 fully saturated rings. The SMILES string of the molecule is CC1(C)c2ccccc2-c2ccc(N(c3ccc4c(c3)C3(c5ccccc5-c5ccccc5-4)c4ccccc4-c4c3ccc3c4sc4ccccc43)c3ccccc3-c3ccccc3)cc21. The van der Waals surface area contributed by atoms with Gasteiger partial charge in [0.25, 0.3) is 0 Å². The average Bonchev–Trinajstić information content (AvgIpc) is 3.95. The Hall–Kier alpha value is -7.78. The van der Waals surface area contributed by atoms with Gasteiger partial charge >= 0.3 is 0 Å². The van der Waals surface area contributed by atoms with Gasteiger partial charge in [-0.25, -0.2) is 0 Å². The first-order chi connectivity index (χ1) is 32.5. The molecule has 1 atom stereocenters. The third kappa shape index (κ3) is 5.00. The van der Waals surface area contributed by atoms with Crippen LogP contribution in [0.2, 0.25) is 0 Å². The van der Waals surface area contributed by atoms with Crippen LogP contribution in [-0.4, -0.2) is 0 Å². The number of para-hydroxylation sites is 1. The van der Waals surface area contributed by atoms with Gasteiger partial charge in [-0.2, -0.15) is 0 Å². The summed E-state index contributed by atoms with van der Waals surface area (Å²) in [5, 5.41) is 2.65. The number of fused-ring (bicyclic) bond motifs is 19. The first kappa shape index (κ1) is 37.6. The molecule has 0 saturated heterocycles. The van der Waals surface area contributed by atoms with Gasteiger partial charge in [0, 0.05) is 48.1 Å². The van der Waals surface area contributed by atoms with Crippen molar-refractivity contribution in [3.05, 3.63) is 258 Å². The van der Waals surface area contributed by atoms with Crippen molar-refractivity contribution in [2.45, 2.75) is 24.7 Å². The van der Waals surface area contributed by atoms with Crippen LogP contribution in [-0.2, 0) is 10.8 Å². The minimum atomic E-state index is -0.635. The van der Waals surface area contributed by atoms with Gasteiger partial charge in [0.2, 0.25) is 0 Å². The van der Waals surface area contributed by atoms with Crippen LogP contribution in [0.25, 0.3) is 75.8 Å². The zero-order valence-corrected chi connectivity index (χ0v) is 37.5. The summed E-state index contributed by atoms with van der Waals surface area (Å²) < 4.78 is 2.68. The fourth-order valence-electron chi connectivity index (χ4n) is 12.3. The highest BCUT2D eigenvalue weighted by molar-refractivity contribution is 7.26. The van der Waals surface area contributed by atoms with Crippen molar-refractivity contribution in [1.29, 1.82) is 0 Å². The fraction of sp³-hybridized carbons (Fsp3) is 0.0625. The van der Waals surface area contributed by atoms with Crippen LogP contribution >= 0.6 is 11.3 Å². The third-order valence-corrected chi connectivity index (χ3v) is 16.3. The molecule has 0 saturated carbocycles. The van der Waals surface area contributed by atoms with Crippen LogP contribution in [0.4, 0.5) is 17.1 Å². The Labute approximate surface area is 389 Å². The molecule has 0 amide bonds. The van der Waals surface area contributed by atoms with E-state index in [1.54, 1.807) is 0 Å². The number of thiophene rings is 1. The summed E-state index contributed by atoms with van der Waals surface area (Å²) in [6, 6.07) is 84.8. The first-order valence-electron chi connectivity index (χ1n) is 23.1. The molecule has 1 aromatic heterocycles. The predicted octanol–water partition coefficient (Wildman–Crippen LogP) is 17.5. The van der Waals surface area contributed by atoms with Crippen molar-refractivity contribution in [2.75, 3.05) is 4.90 Å². The highest BCUT2D eigenvalue weighted by Crippen LogP contribution is 2.64. The van der Waals surface area contributed by atoms with E-state index >= 15 is 0 Å². The van der Waals surface area contributed by atoms with Gasteiger partial charge in [0.15, 0.2) is 0 Å². The molecule has 3 aliphatic carbocycles. The van der Waals surface area contributed by atoms with Crippen LogP contribution in [0.1, 0.15) is 47.2 Å². The van der Waals surface area contributed by atoms with Crippen LogP contribution in [0, 0.1) is 0 Å². The highest BCUT2D eigenvalue weighted by Gasteiger charge is 2.51. The minimum Gasteiger partial charge on any atom is -0.310 e. The van der Waals surface area contributed by atoms with E-state index in [0.717, 1.165) is 17.1 Å². The van der Waals surface area contributed by atoms with Crippen LogP contribution < -0.4 is 4.90 Å². The summed E-state index contributed by atoms with van der Waals surface area (Å²) in [5.41, 5.74) is 23.3. The molecule has 1 spiro atoms. The van der Waals surface area contributed by atoms with Crippen molar-refractivity contribution in [3.8, 4) is 55.6 Å². The number of hydrogen-bond acceptors (Lipinski definition) is 2. The van der Waals surface area contributed by atoms with E-state index in [1.807, 2.05) is 11.3 Å². The normalized spacial score (nSPS) is 15.6. The van der Waals surface area contributed by atoms with Crippen LogP contribution in [0.15, 0.2) is 224 Å². The molecule has 2 heteroatoms. The van der Waals surface area contributed by atoms with Gasteiger partial charge in [-0.3, -0.25) is 0 Å². The minimum absolute atomic E-state index is 0.160. The largest absolute Gasteiger partial charge is 0.310 e. The second-order valence-electron chi connectivity index (χ2n) is 18.7. The van der Waals surface area contributed by atoms with E-state index in [0.29, 0.717) is 0 Å². The number of benzene rings is 10. The van der Waals surface area contributed by atoms with Gasteiger partial charge in [-0.15, -0.1) is 11.3 Å². The molecule has 1 heterocycles. The molecule has 310 valence electrons. The Morgan fingerprint density at radius 2 is 0.864 bits per heavy atom. The van der Waals surface area contributed by atoms with Gasteiger partial charge in [0.1, 0.15) is 0 Å². The second-order valence-corrected chi connectivity index (χ2v) is 19.8. The molecule has 10 aromatic carbocycles. The van der Waals surface area contributed by atoms with Crippen LogP contribution in [0.5, 0.6) is 0 Å². The predicted molar refractivity (Wildman–Crippen MR) is 279 cm³/mol. The Morgan fingerprint density at radius 1 is 0.348 bits per heavy atom. The molecular formula is C64H43NS. The quantitative estimate of drug-likeness (QED) is 0.170. The molecule has 11 aromatic rings. The van der Waals surface area contributed by atoms with Gasteiger partial charge < -0.3 is 4.90 Å². The van der Waals surface area contributed by atoms with Crippen LogP contribution in [0.3, 0.4) is 0 Å². The highest BCUT2D eigenvalue weighted by atomic mass is 32.1. The van der Waals surface area contributed by atoms with Gasteiger partial charge in [0.05, 0.1) is 11.1 Å². The lowest BCUT2D eigenvalue weighted by atomic mass is 9.65. The lowest BCUT2D eigenvalue weighted by Crippen LogP contribution is -2.29. The maximum Gasteiger partial charge on any atom is 0.0726 e. The molecule has 66 heavy (non-hydrogen) atoms. The summed E-state index contributed by atoms with van der Waals surface area (Å²) >= 11 is 1.93. The summed E-state index contributed by atoms with van der Waals surface area (Å²) in [6.45, 7) is 4.76. The lowest BCUT2D eigenvalue weighted by Gasteiger charge is -2.37. The van der Waals surface area contributed by atoms with Crippen molar-refractivity contribution in [3.63, 3.8) is 0 Å². The van der Waals surface area contributed by atoms with E-state index in [9.17, 15) is 0 Å². The lowest BCUT2D eigenvalue weighted by molar-refractivity contribution is 0.660. The Kier molecular flexibility index (Phi) is 7.89. The molecular weight excluding hydrogens is 815 g/mol. The van der Waals surface area contributed by atoms with E-state index in [4.69, 9.17) is 0 Å². The average molecular weight is 858 g/mol. The van der Waals surface area contributed by atoms with Crippen molar-refractivity contribution >= 4 is 48.6 Å². The number of hydrogen-bond donors (Lipinski definition) is 0. The summed E-state index contributed by atoms with van der Waals surface area (Å²) in [4.78, 5) is 2.54. The molecule has 1 nitrogen and oxygen atoms in total. The van der Waals surface area contributed by atoms with E-state index in [2.05, 4.69) is 243 Å². The Balaban J connectivity index is 1.11.